The number of nitrogens with one attached hydrogen (secondary N) is 1. The molecule has 0 radical (unpaired) electrons. The van der Waals surface area contributed by atoms with E-state index in [0.717, 1.165) is 34.0 Å². The number of primary amides is 1. The Hall–Kier alpha value is -3.90. The minimum Gasteiger partial charge on any atom is -0.495 e. The number of methoxy groups -OCH3 is 1. The molecule has 2 amide bonds. The number of ether oxygens (including phenoxy) is 2. The van der Waals surface area contributed by atoms with E-state index >= 15 is 0 Å². The number of carbonyl (C=O) groups is 3. The van der Waals surface area contributed by atoms with Crippen LogP contribution in [0.1, 0.15) is 44.5 Å². The standard InChI is InChI=1S/C27H29N3O7S2/c1-16-8-13-19-22(14-16)38-26(24(19)25(28)32)29-23(31)15-37-27(33)17-9-11-18(12-10-17)39(34,35)30(2)20-6-4-5-7-21(20)36-3/h4-7,9-12,16H,8,13-15H2,1-3H3,(H2,28,32)(H,29,31)/t16-/m1/s1. The molecule has 0 bridgehead atoms. The van der Waals surface area contributed by atoms with Crippen molar-refractivity contribution in [3.63, 3.8) is 0 Å². The lowest BCUT2D eigenvalue weighted by atomic mass is 9.88. The maximum absolute atomic E-state index is 13.1. The zero-order valence-corrected chi connectivity index (χ0v) is 23.4. The predicted octanol–water partition coefficient (Wildman–Crippen LogP) is 3.60. The Kier molecular flexibility index (Phi) is 8.26. The molecular weight excluding hydrogens is 542 g/mol. The monoisotopic (exact) mass is 571 g/mol. The van der Waals surface area contributed by atoms with E-state index in [1.165, 1.54) is 49.8 Å². The van der Waals surface area contributed by atoms with Crippen molar-refractivity contribution < 1.29 is 32.3 Å². The molecule has 1 aromatic heterocycles. The summed E-state index contributed by atoms with van der Waals surface area (Å²) in [6.45, 7) is 1.54. The number of rotatable bonds is 9. The number of anilines is 2. The zero-order valence-electron chi connectivity index (χ0n) is 21.7. The van der Waals surface area contributed by atoms with Crippen molar-refractivity contribution >= 4 is 49.8 Å². The molecule has 3 N–H and O–H groups in total. The van der Waals surface area contributed by atoms with E-state index in [1.807, 2.05) is 0 Å². The van der Waals surface area contributed by atoms with Crippen molar-refractivity contribution in [2.75, 3.05) is 30.4 Å². The lowest BCUT2D eigenvalue weighted by Crippen LogP contribution is -2.27. The summed E-state index contributed by atoms with van der Waals surface area (Å²) < 4.78 is 37.7. The summed E-state index contributed by atoms with van der Waals surface area (Å²) in [6, 6.07) is 11.9. The first-order chi connectivity index (χ1) is 18.5. The van der Waals surface area contributed by atoms with Gasteiger partial charge in [0, 0.05) is 11.9 Å². The first-order valence-electron chi connectivity index (χ1n) is 12.2. The van der Waals surface area contributed by atoms with Gasteiger partial charge in [-0.05, 0) is 67.1 Å². The maximum Gasteiger partial charge on any atom is 0.338 e. The Morgan fingerprint density at radius 3 is 2.49 bits per heavy atom. The third kappa shape index (κ3) is 5.91. The van der Waals surface area contributed by atoms with Gasteiger partial charge in [-0.1, -0.05) is 19.1 Å². The fourth-order valence-electron chi connectivity index (χ4n) is 4.42. The average Bonchev–Trinajstić information content (AvgIpc) is 3.28. The van der Waals surface area contributed by atoms with Crippen LogP contribution in [-0.4, -0.2) is 47.0 Å². The summed E-state index contributed by atoms with van der Waals surface area (Å²) >= 11 is 1.32. The minimum atomic E-state index is -3.94. The second kappa shape index (κ2) is 11.5. The first-order valence-corrected chi connectivity index (χ1v) is 14.4. The fraction of sp³-hybridized carbons (Fsp3) is 0.296. The molecule has 0 saturated carbocycles. The van der Waals surface area contributed by atoms with E-state index in [1.54, 1.807) is 24.3 Å². The number of benzene rings is 2. The van der Waals surface area contributed by atoms with Crippen LogP contribution < -0.4 is 20.1 Å². The number of para-hydroxylation sites is 2. The Balaban J connectivity index is 1.40. The zero-order chi connectivity index (χ0) is 28.3. The molecule has 0 saturated heterocycles. The third-order valence-corrected chi connectivity index (χ3v) is 9.47. The highest BCUT2D eigenvalue weighted by molar-refractivity contribution is 7.92. The number of esters is 1. The third-order valence-electron chi connectivity index (χ3n) is 6.52. The van der Waals surface area contributed by atoms with Crippen molar-refractivity contribution in [2.24, 2.45) is 11.7 Å². The number of hydrogen-bond acceptors (Lipinski definition) is 8. The second-order valence-corrected chi connectivity index (χ2v) is 12.3. The average molecular weight is 572 g/mol. The minimum absolute atomic E-state index is 0.0415. The van der Waals surface area contributed by atoms with E-state index in [-0.39, 0.29) is 10.5 Å². The van der Waals surface area contributed by atoms with Crippen molar-refractivity contribution in [2.45, 2.75) is 31.1 Å². The highest BCUT2D eigenvalue weighted by Crippen LogP contribution is 2.39. The van der Waals surface area contributed by atoms with Crippen LogP contribution in [0.2, 0.25) is 0 Å². The van der Waals surface area contributed by atoms with Gasteiger partial charge in [-0.25, -0.2) is 13.2 Å². The first kappa shape index (κ1) is 28.1. The molecular formula is C27H29N3O7S2. The van der Waals surface area contributed by atoms with Crippen LogP contribution in [0, 0.1) is 5.92 Å². The van der Waals surface area contributed by atoms with Crippen molar-refractivity contribution in [3.05, 3.63) is 70.1 Å². The van der Waals surface area contributed by atoms with Gasteiger partial charge in [0.1, 0.15) is 10.8 Å². The summed E-state index contributed by atoms with van der Waals surface area (Å²) in [6.07, 6.45) is 2.47. The Labute approximate surface area is 230 Å². The van der Waals surface area contributed by atoms with Gasteiger partial charge in [-0.2, -0.15) is 0 Å². The van der Waals surface area contributed by atoms with E-state index in [0.29, 0.717) is 27.9 Å². The number of carbonyl (C=O) groups excluding carboxylic acids is 3. The highest BCUT2D eigenvalue weighted by atomic mass is 32.2. The summed E-state index contributed by atoms with van der Waals surface area (Å²) in [5.41, 5.74) is 7.20. The predicted molar refractivity (Wildman–Crippen MR) is 148 cm³/mol. The summed E-state index contributed by atoms with van der Waals surface area (Å²) in [5, 5.41) is 3.00. The molecule has 0 spiro atoms. The van der Waals surface area contributed by atoms with Crippen LogP contribution in [0.5, 0.6) is 5.75 Å². The summed E-state index contributed by atoms with van der Waals surface area (Å²) in [5.74, 6) is -1.16. The van der Waals surface area contributed by atoms with E-state index in [9.17, 15) is 22.8 Å². The fourth-order valence-corrected chi connectivity index (χ4v) is 7.06. The Morgan fingerprint density at radius 2 is 1.82 bits per heavy atom. The van der Waals surface area contributed by atoms with Crippen molar-refractivity contribution in [1.82, 2.24) is 0 Å². The molecule has 1 aliphatic carbocycles. The van der Waals surface area contributed by atoms with Gasteiger partial charge in [-0.15, -0.1) is 11.3 Å². The molecule has 39 heavy (non-hydrogen) atoms. The molecule has 0 unspecified atom stereocenters. The van der Waals surface area contributed by atoms with Crippen LogP contribution >= 0.6 is 11.3 Å². The van der Waals surface area contributed by atoms with Crippen LogP contribution in [0.25, 0.3) is 0 Å². The number of amides is 2. The molecule has 3 aromatic rings. The SMILES string of the molecule is COc1ccccc1N(C)S(=O)(=O)c1ccc(C(=O)OCC(=O)Nc2sc3c(c2C(N)=O)CC[C@@H](C)C3)cc1. The number of nitrogens with zero attached hydrogens (tertiary/aromatic N) is 1. The molecule has 1 aliphatic rings. The largest absolute Gasteiger partial charge is 0.495 e. The summed E-state index contributed by atoms with van der Waals surface area (Å²) in [7, 11) is -1.09. The highest BCUT2D eigenvalue weighted by Gasteiger charge is 2.28. The molecule has 1 heterocycles. The molecule has 4 rings (SSSR count). The number of nitrogens with two attached hydrogens (primary N) is 1. The lowest BCUT2D eigenvalue weighted by molar-refractivity contribution is -0.119. The number of hydrogen-bond donors (Lipinski definition) is 2. The van der Waals surface area contributed by atoms with Crippen LogP contribution in [-0.2, 0) is 32.4 Å². The topological polar surface area (TPSA) is 145 Å². The van der Waals surface area contributed by atoms with Crippen LogP contribution in [0.3, 0.4) is 0 Å². The van der Waals surface area contributed by atoms with Gasteiger partial charge in [0.2, 0.25) is 0 Å². The van der Waals surface area contributed by atoms with Gasteiger partial charge >= 0.3 is 5.97 Å². The molecule has 0 fully saturated rings. The normalized spacial score (nSPS) is 14.7. The molecule has 206 valence electrons. The number of fused-ring (bicyclic) bond motifs is 1. The molecule has 10 nitrogen and oxygen atoms in total. The van der Waals surface area contributed by atoms with Gasteiger partial charge in [0.15, 0.2) is 6.61 Å². The van der Waals surface area contributed by atoms with Gasteiger partial charge in [0.05, 0.1) is 28.8 Å². The van der Waals surface area contributed by atoms with E-state index in [2.05, 4.69) is 12.2 Å². The Bertz CT molecular complexity index is 1510. The van der Waals surface area contributed by atoms with Gasteiger partial charge in [-0.3, -0.25) is 13.9 Å². The van der Waals surface area contributed by atoms with E-state index < -0.39 is 34.4 Å². The molecule has 2 aromatic carbocycles. The van der Waals surface area contributed by atoms with E-state index in [4.69, 9.17) is 15.2 Å². The van der Waals surface area contributed by atoms with Crippen molar-refractivity contribution in [1.29, 1.82) is 0 Å². The smallest absolute Gasteiger partial charge is 0.338 e. The van der Waals surface area contributed by atoms with Crippen molar-refractivity contribution in [3.8, 4) is 5.75 Å². The molecule has 1 atom stereocenters. The lowest BCUT2D eigenvalue weighted by Gasteiger charge is -2.21. The van der Waals surface area contributed by atoms with Crippen LogP contribution in [0.4, 0.5) is 10.7 Å². The number of thiophene rings is 1. The van der Waals surface area contributed by atoms with Crippen LogP contribution in [0.15, 0.2) is 53.4 Å². The number of sulfonamides is 1. The molecule has 0 aliphatic heterocycles. The molecule has 12 heteroatoms. The second-order valence-electron chi connectivity index (χ2n) is 9.21. The Morgan fingerprint density at radius 1 is 1.13 bits per heavy atom. The summed E-state index contributed by atoms with van der Waals surface area (Å²) in [4.78, 5) is 38.1. The van der Waals surface area contributed by atoms with Gasteiger partial charge in [0.25, 0.3) is 21.8 Å². The quantitative estimate of drug-likeness (QED) is 0.373. The van der Waals surface area contributed by atoms with Gasteiger partial charge < -0.3 is 20.5 Å². The maximum atomic E-state index is 13.1.